The van der Waals surface area contributed by atoms with Crippen LogP contribution in [0.5, 0.6) is 0 Å². The molecule has 21 heavy (non-hydrogen) atoms. The highest BCUT2D eigenvalue weighted by atomic mass is 19.1. The Morgan fingerprint density at radius 2 is 2.05 bits per heavy atom. The molecule has 0 aliphatic rings. The monoisotopic (exact) mass is 289 g/mol. The summed E-state index contributed by atoms with van der Waals surface area (Å²) in [5, 5.41) is 13.5. The lowest BCUT2D eigenvalue weighted by Crippen LogP contribution is -2.11. The van der Waals surface area contributed by atoms with Crippen molar-refractivity contribution < 1.29 is 14.1 Å². The van der Waals surface area contributed by atoms with Crippen molar-refractivity contribution in [3.63, 3.8) is 0 Å². The van der Waals surface area contributed by atoms with E-state index in [1.54, 1.807) is 24.3 Å². The number of benzene rings is 2. The zero-order chi connectivity index (χ0) is 15.4. The van der Waals surface area contributed by atoms with Gasteiger partial charge >= 0.3 is 0 Å². The largest absolute Gasteiger partial charge is 0.381 e. The smallest absolute Gasteiger partial charge is 0.274 e. The SMILES string of the molecule is NC(=O)c1cccc(CNc2cc(F)cc([N+](=O)[O-])c2)c1. The van der Waals surface area contributed by atoms with Crippen LogP contribution in [0.3, 0.4) is 0 Å². The van der Waals surface area contributed by atoms with E-state index in [9.17, 15) is 19.3 Å². The Morgan fingerprint density at radius 3 is 2.71 bits per heavy atom. The highest BCUT2D eigenvalue weighted by Gasteiger charge is 2.09. The van der Waals surface area contributed by atoms with Gasteiger partial charge in [-0.1, -0.05) is 12.1 Å². The summed E-state index contributed by atoms with van der Waals surface area (Å²) in [6, 6.07) is 9.85. The van der Waals surface area contributed by atoms with E-state index in [0.717, 1.165) is 17.7 Å². The molecule has 2 aromatic carbocycles. The van der Waals surface area contributed by atoms with Gasteiger partial charge in [0.1, 0.15) is 5.82 Å². The van der Waals surface area contributed by atoms with Crippen molar-refractivity contribution >= 4 is 17.3 Å². The van der Waals surface area contributed by atoms with Crippen molar-refractivity contribution in [2.45, 2.75) is 6.54 Å². The molecule has 2 aromatic rings. The van der Waals surface area contributed by atoms with Crippen molar-refractivity contribution in [1.82, 2.24) is 0 Å². The molecule has 3 N–H and O–H groups in total. The van der Waals surface area contributed by atoms with Gasteiger partial charge < -0.3 is 11.1 Å². The minimum atomic E-state index is -0.697. The van der Waals surface area contributed by atoms with Gasteiger partial charge in [0.2, 0.25) is 5.91 Å². The quantitative estimate of drug-likeness (QED) is 0.652. The highest BCUT2D eigenvalue weighted by molar-refractivity contribution is 5.92. The van der Waals surface area contributed by atoms with Gasteiger partial charge in [0.25, 0.3) is 5.69 Å². The molecule has 0 saturated carbocycles. The van der Waals surface area contributed by atoms with Crippen molar-refractivity contribution in [3.05, 3.63) is 69.5 Å². The van der Waals surface area contributed by atoms with Crippen LogP contribution in [0, 0.1) is 15.9 Å². The average molecular weight is 289 g/mol. The maximum atomic E-state index is 13.3. The molecule has 2 rings (SSSR count). The number of hydrogen-bond acceptors (Lipinski definition) is 4. The van der Waals surface area contributed by atoms with Crippen molar-refractivity contribution in [1.29, 1.82) is 0 Å². The van der Waals surface area contributed by atoms with Crippen molar-refractivity contribution in [2.24, 2.45) is 5.73 Å². The number of amides is 1. The Balaban J connectivity index is 2.14. The Kier molecular flexibility index (Phi) is 4.13. The van der Waals surface area contributed by atoms with E-state index in [0.29, 0.717) is 5.56 Å². The summed E-state index contributed by atoms with van der Waals surface area (Å²) < 4.78 is 13.3. The van der Waals surface area contributed by atoms with Crippen molar-refractivity contribution in [3.8, 4) is 0 Å². The fourth-order valence-electron chi connectivity index (χ4n) is 1.82. The summed E-state index contributed by atoms with van der Waals surface area (Å²) >= 11 is 0. The molecule has 0 heterocycles. The Morgan fingerprint density at radius 1 is 1.29 bits per heavy atom. The Bertz CT molecular complexity index is 704. The molecule has 0 aliphatic heterocycles. The first kappa shape index (κ1) is 14.4. The lowest BCUT2D eigenvalue weighted by atomic mass is 10.1. The number of anilines is 1. The molecule has 6 nitrogen and oxygen atoms in total. The number of nitro groups is 1. The second-order valence-electron chi connectivity index (χ2n) is 4.37. The fraction of sp³-hybridized carbons (Fsp3) is 0.0714. The number of nitrogens with one attached hydrogen (secondary N) is 1. The third-order valence-corrected chi connectivity index (χ3v) is 2.80. The van der Waals surface area contributed by atoms with E-state index in [1.165, 1.54) is 6.07 Å². The predicted octanol–water partition coefficient (Wildman–Crippen LogP) is 2.44. The van der Waals surface area contributed by atoms with E-state index < -0.39 is 16.6 Å². The molecule has 0 unspecified atom stereocenters. The lowest BCUT2D eigenvalue weighted by molar-refractivity contribution is -0.385. The molecule has 0 spiro atoms. The number of non-ortho nitro benzene ring substituents is 1. The molecule has 0 radical (unpaired) electrons. The number of rotatable bonds is 5. The third-order valence-electron chi connectivity index (χ3n) is 2.80. The number of carbonyl (C=O) groups is 1. The topological polar surface area (TPSA) is 98.3 Å². The number of primary amides is 1. The summed E-state index contributed by atoms with van der Waals surface area (Å²) in [7, 11) is 0. The van der Waals surface area contributed by atoms with Gasteiger partial charge in [0.15, 0.2) is 0 Å². The Hall–Kier alpha value is -2.96. The summed E-state index contributed by atoms with van der Waals surface area (Å²) in [6.45, 7) is 0.279. The molecular formula is C14H12FN3O3. The molecular weight excluding hydrogens is 277 g/mol. The van der Waals surface area contributed by atoms with Crippen molar-refractivity contribution in [2.75, 3.05) is 5.32 Å². The molecule has 108 valence electrons. The second-order valence-corrected chi connectivity index (χ2v) is 4.37. The van der Waals surface area contributed by atoms with Crippen LogP contribution in [0.4, 0.5) is 15.8 Å². The van der Waals surface area contributed by atoms with Crippen LogP contribution in [0.1, 0.15) is 15.9 Å². The standard InChI is InChI=1S/C14H12FN3O3/c15-11-5-12(7-13(6-11)18(20)21)17-8-9-2-1-3-10(4-9)14(16)19/h1-7,17H,8H2,(H2,16,19). The zero-order valence-corrected chi connectivity index (χ0v) is 10.9. The number of carbonyl (C=O) groups excluding carboxylic acids is 1. The summed E-state index contributed by atoms with van der Waals surface area (Å²) in [5.41, 5.74) is 6.24. The van der Waals surface area contributed by atoms with Gasteiger partial charge in [-0.25, -0.2) is 4.39 Å². The van der Waals surface area contributed by atoms with E-state index in [1.807, 2.05) is 0 Å². The van der Waals surface area contributed by atoms with Gasteiger partial charge in [-0.05, 0) is 23.8 Å². The Labute approximate surface area is 119 Å². The summed E-state index contributed by atoms with van der Waals surface area (Å²) in [5.74, 6) is -1.24. The fourth-order valence-corrected chi connectivity index (χ4v) is 1.82. The molecule has 0 bridgehead atoms. The number of nitrogens with zero attached hydrogens (tertiary/aromatic N) is 1. The number of nitro benzene ring substituents is 1. The van der Waals surface area contributed by atoms with Crippen LogP contribution in [0.25, 0.3) is 0 Å². The maximum absolute atomic E-state index is 13.3. The average Bonchev–Trinajstić information content (AvgIpc) is 2.45. The molecule has 7 heteroatoms. The predicted molar refractivity (Wildman–Crippen MR) is 75.3 cm³/mol. The first-order valence-corrected chi connectivity index (χ1v) is 6.03. The van der Waals surface area contributed by atoms with Gasteiger partial charge in [-0.15, -0.1) is 0 Å². The van der Waals surface area contributed by atoms with Gasteiger partial charge in [-0.2, -0.15) is 0 Å². The van der Waals surface area contributed by atoms with Crippen LogP contribution in [-0.2, 0) is 6.54 Å². The highest BCUT2D eigenvalue weighted by Crippen LogP contribution is 2.20. The minimum Gasteiger partial charge on any atom is -0.381 e. The number of nitrogens with two attached hydrogens (primary N) is 1. The normalized spacial score (nSPS) is 10.1. The number of halogens is 1. The van der Waals surface area contributed by atoms with Crippen LogP contribution >= 0.6 is 0 Å². The number of hydrogen-bond donors (Lipinski definition) is 2. The van der Waals surface area contributed by atoms with E-state index in [4.69, 9.17) is 5.73 Å². The summed E-state index contributed by atoms with van der Waals surface area (Å²) in [4.78, 5) is 21.1. The van der Waals surface area contributed by atoms with Crippen LogP contribution in [0.2, 0.25) is 0 Å². The minimum absolute atomic E-state index is 0.279. The van der Waals surface area contributed by atoms with E-state index in [2.05, 4.69) is 5.32 Å². The van der Waals surface area contributed by atoms with Crippen LogP contribution < -0.4 is 11.1 Å². The van der Waals surface area contributed by atoms with Gasteiger partial charge in [0.05, 0.1) is 11.0 Å². The van der Waals surface area contributed by atoms with Crippen LogP contribution in [0.15, 0.2) is 42.5 Å². The molecule has 0 aliphatic carbocycles. The first-order valence-electron chi connectivity index (χ1n) is 6.03. The van der Waals surface area contributed by atoms with E-state index >= 15 is 0 Å². The van der Waals surface area contributed by atoms with Gasteiger partial charge in [-0.3, -0.25) is 14.9 Å². The first-order chi connectivity index (χ1) is 9.95. The van der Waals surface area contributed by atoms with E-state index in [-0.39, 0.29) is 17.9 Å². The molecule has 1 amide bonds. The summed E-state index contributed by atoms with van der Waals surface area (Å²) in [6.07, 6.45) is 0. The molecule has 0 aromatic heterocycles. The molecule has 0 saturated heterocycles. The third kappa shape index (κ3) is 3.75. The van der Waals surface area contributed by atoms with Crippen LogP contribution in [-0.4, -0.2) is 10.8 Å². The molecule has 0 fully saturated rings. The molecule has 0 atom stereocenters. The second kappa shape index (κ2) is 6.00. The zero-order valence-electron chi connectivity index (χ0n) is 10.9. The lowest BCUT2D eigenvalue weighted by Gasteiger charge is -2.07. The maximum Gasteiger partial charge on any atom is 0.274 e. The van der Waals surface area contributed by atoms with Gasteiger partial charge in [0, 0.05) is 23.9 Å².